The van der Waals surface area contributed by atoms with Crippen molar-refractivity contribution in [3.63, 3.8) is 0 Å². The van der Waals surface area contributed by atoms with Crippen molar-refractivity contribution < 1.29 is 36.9 Å². The SMILES string of the molecule is COCC1CCN(C[C@@]2(COc3nc(N4C[C@H]5CC[C@@H](C4)N5C(=O)OC(C)(C)C)c4c(n3)sc3c(-c5c6cnn(C7CCCCO7)c6cc6ccc(F)c(C#C[Si](C(C)C)(C(C)C)C(C)C)c56)nccc34)CC2(F)F)CC1. The van der Waals surface area contributed by atoms with Crippen LogP contribution in [0.3, 0.4) is 0 Å². The highest BCUT2D eigenvalue weighted by Crippen LogP contribution is 2.61. The Morgan fingerprint density at radius 2 is 1.66 bits per heavy atom. The van der Waals surface area contributed by atoms with Gasteiger partial charge in [-0.2, -0.15) is 15.1 Å². The van der Waals surface area contributed by atoms with Crippen molar-refractivity contribution in [1.82, 2.24) is 34.5 Å². The summed E-state index contributed by atoms with van der Waals surface area (Å²) in [5, 5.41) is 8.87. The molecule has 13 nitrogen and oxygen atoms in total. The van der Waals surface area contributed by atoms with Gasteiger partial charge in [-0.3, -0.25) is 9.88 Å². The number of fused-ring (bicyclic) bond motifs is 7. The fourth-order valence-electron chi connectivity index (χ4n) is 13.7. The second-order valence-corrected chi connectivity index (χ2v) is 31.3. The topological polar surface area (TPSA) is 120 Å². The molecular formula is C59H75F3N8O5SSi. The summed E-state index contributed by atoms with van der Waals surface area (Å²) < 4.78 is 75.3. The maximum Gasteiger partial charge on any atom is 0.410 e. The maximum absolute atomic E-state index is 17.0. The predicted molar refractivity (Wildman–Crippen MR) is 301 cm³/mol. The lowest BCUT2D eigenvalue weighted by Crippen LogP contribution is -2.57. The van der Waals surface area contributed by atoms with Crippen molar-refractivity contribution in [1.29, 1.82) is 0 Å². The van der Waals surface area contributed by atoms with E-state index in [0.717, 1.165) is 89.8 Å². The van der Waals surface area contributed by atoms with Crippen LogP contribution in [-0.2, 0) is 14.2 Å². The number of hydrogen-bond donors (Lipinski definition) is 0. The monoisotopic (exact) mass is 1090 g/mol. The zero-order valence-electron chi connectivity index (χ0n) is 46.5. The zero-order valence-corrected chi connectivity index (χ0v) is 48.3. The van der Waals surface area contributed by atoms with Crippen LogP contribution < -0.4 is 9.64 Å². The molecule has 4 aromatic heterocycles. The molecule has 0 spiro atoms. The van der Waals surface area contributed by atoms with Gasteiger partial charge in [-0.15, -0.1) is 16.9 Å². The molecule has 412 valence electrons. The highest BCUT2D eigenvalue weighted by atomic mass is 32.1. The van der Waals surface area contributed by atoms with Crippen LogP contribution in [0.2, 0.25) is 16.6 Å². The van der Waals surface area contributed by atoms with Gasteiger partial charge in [0.05, 0.1) is 50.6 Å². The van der Waals surface area contributed by atoms with Gasteiger partial charge >= 0.3 is 12.1 Å². The number of hydrogen-bond acceptors (Lipinski definition) is 12. The molecule has 4 atom stereocenters. The molecule has 11 rings (SSSR count). The Hall–Kier alpha value is -5.06. The van der Waals surface area contributed by atoms with Gasteiger partial charge in [0.25, 0.3) is 5.92 Å². The zero-order chi connectivity index (χ0) is 54.3. The summed E-state index contributed by atoms with van der Waals surface area (Å²) >= 11 is 1.43. The third-order valence-electron chi connectivity index (χ3n) is 17.7. The largest absolute Gasteiger partial charge is 0.462 e. The van der Waals surface area contributed by atoms with Gasteiger partial charge in [0.1, 0.15) is 36.7 Å². The van der Waals surface area contributed by atoms with Crippen molar-refractivity contribution in [3.05, 3.63) is 48.0 Å². The Balaban J connectivity index is 1.08. The van der Waals surface area contributed by atoms with Gasteiger partial charge in [0.15, 0.2) is 6.23 Å². The van der Waals surface area contributed by atoms with E-state index >= 15 is 13.2 Å². The van der Waals surface area contributed by atoms with Gasteiger partial charge in [0, 0.05) is 74.3 Å². The van der Waals surface area contributed by atoms with Gasteiger partial charge in [-0.25, -0.2) is 22.6 Å². The lowest BCUT2D eigenvalue weighted by atomic mass is 9.93. The van der Waals surface area contributed by atoms with E-state index in [0.29, 0.717) is 81.7 Å². The normalized spacial score (nSPS) is 23.3. The second kappa shape index (κ2) is 20.6. The Labute approximate surface area is 455 Å². The van der Waals surface area contributed by atoms with Crippen LogP contribution in [0.1, 0.15) is 125 Å². The number of ether oxygens (including phenoxy) is 4. The fourth-order valence-corrected chi connectivity index (χ4v) is 20.1. The van der Waals surface area contributed by atoms with Crippen molar-refractivity contribution in [3.8, 4) is 28.7 Å². The first-order valence-corrected chi connectivity index (χ1v) is 31.1. The first-order valence-electron chi connectivity index (χ1n) is 28.1. The molecule has 4 saturated heterocycles. The van der Waals surface area contributed by atoms with E-state index in [1.807, 2.05) is 48.7 Å². The van der Waals surface area contributed by atoms with Gasteiger partial charge in [-0.05, 0) is 125 Å². The Morgan fingerprint density at radius 3 is 2.30 bits per heavy atom. The molecule has 0 radical (unpaired) electrons. The number of methoxy groups -OCH3 is 1. The molecular weight excluding hydrogens is 1020 g/mol. The van der Waals surface area contributed by atoms with Crippen molar-refractivity contribution in [2.45, 2.75) is 160 Å². The number of aromatic nitrogens is 5. The summed E-state index contributed by atoms with van der Waals surface area (Å²) in [5.74, 6) is 1.27. The minimum Gasteiger partial charge on any atom is -0.462 e. The minimum atomic E-state index is -2.90. The predicted octanol–water partition coefficient (Wildman–Crippen LogP) is 13.2. The standard InChI is InChI=1S/C59H75F3N8O5SSi/c1-35(2)77(36(3)4,37(5)6)26-21-42-45(60)17-14-39-27-46-44(28-64-70(46)47-13-11-12-25-73-47)49(48(39)42)51-52-43(18-22-63-51)50-53(68-29-40-15-16-41(30-68)69(40)56(71)75-57(7,8)9)65-55(66-54(50)76-52)74-34-58(32-59(58,61)62)33-67-23-19-38(20-24-67)31-72-10/h14,17-18,22,27-28,35-38,40-41,47H,11-13,15-16,19-20,23-25,29-34H2,1-10H3/t40-,41+,47?,58-/m1/s1. The summed E-state index contributed by atoms with van der Waals surface area (Å²) in [5.41, 5.74) is 5.30. The minimum absolute atomic E-state index is 0.0189. The van der Waals surface area contributed by atoms with E-state index in [4.69, 9.17) is 39.0 Å². The number of piperazine rings is 1. The van der Waals surface area contributed by atoms with Crippen LogP contribution in [0.25, 0.3) is 53.2 Å². The first kappa shape index (κ1) is 53.9. The number of carbonyl (C=O) groups excluding carboxylic acids is 1. The molecule has 5 aliphatic rings. The summed E-state index contributed by atoms with van der Waals surface area (Å²) in [6.07, 6.45) is 8.97. The number of likely N-dealkylation sites (tertiary alicyclic amines) is 1. The summed E-state index contributed by atoms with van der Waals surface area (Å²) in [6, 6.07) is 7.15. The lowest BCUT2D eigenvalue weighted by molar-refractivity contribution is -0.0366. The summed E-state index contributed by atoms with van der Waals surface area (Å²) in [4.78, 5) is 36.1. The number of halogens is 3. The molecule has 2 bridgehead atoms. The molecule has 0 N–H and O–H groups in total. The van der Waals surface area contributed by atoms with Crippen LogP contribution >= 0.6 is 11.3 Å². The van der Waals surface area contributed by atoms with Gasteiger partial charge in [-0.1, -0.05) is 53.5 Å². The van der Waals surface area contributed by atoms with Crippen LogP contribution in [0.5, 0.6) is 6.01 Å². The van der Waals surface area contributed by atoms with Gasteiger partial charge in [0.2, 0.25) is 0 Å². The third-order valence-corrected chi connectivity index (χ3v) is 25.1. The van der Waals surface area contributed by atoms with E-state index < -0.39 is 30.8 Å². The van der Waals surface area contributed by atoms with Crippen LogP contribution in [0, 0.1) is 28.6 Å². The number of carbonyl (C=O) groups is 1. The number of pyridine rings is 1. The molecule has 6 aromatic rings. The third kappa shape index (κ3) is 9.75. The quantitative estimate of drug-likeness (QED) is 0.0812. The van der Waals surface area contributed by atoms with Crippen LogP contribution in [-0.4, -0.2) is 132 Å². The number of benzene rings is 2. The number of amides is 1. The highest BCUT2D eigenvalue weighted by Gasteiger charge is 2.72. The van der Waals surface area contributed by atoms with E-state index in [1.54, 1.807) is 13.3 Å². The van der Waals surface area contributed by atoms with E-state index in [-0.39, 0.29) is 50.0 Å². The molecule has 8 heterocycles. The fraction of sp³-hybridized carbons (Fsp3) is 0.610. The molecule has 1 unspecified atom stereocenters. The first-order chi connectivity index (χ1) is 36.7. The molecule has 4 aliphatic heterocycles. The second-order valence-electron chi connectivity index (χ2n) is 24.7. The molecule has 1 amide bonds. The summed E-state index contributed by atoms with van der Waals surface area (Å²) in [6.45, 7) is 22.9. The average molecular weight is 1090 g/mol. The van der Waals surface area contributed by atoms with E-state index in [2.05, 4.69) is 68.9 Å². The van der Waals surface area contributed by atoms with E-state index in [9.17, 15) is 4.79 Å². The number of nitrogens with zero attached hydrogens (tertiary/aromatic N) is 8. The molecule has 5 fully saturated rings. The van der Waals surface area contributed by atoms with Crippen LogP contribution in [0.4, 0.5) is 23.8 Å². The number of thiophene rings is 1. The Morgan fingerprint density at radius 1 is 0.948 bits per heavy atom. The molecule has 2 aromatic carbocycles. The Kier molecular flexibility index (Phi) is 14.4. The van der Waals surface area contributed by atoms with Crippen molar-refractivity contribution in [2.75, 3.05) is 64.6 Å². The number of alkyl halides is 2. The lowest BCUT2D eigenvalue weighted by Gasteiger charge is -2.42. The van der Waals surface area contributed by atoms with Crippen molar-refractivity contribution >= 4 is 73.3 Å². The molecule has 18 heteroatoms. The van der Waals surface area contributed by atoms with Crippen molar-refractivity contribution in [2.24, 2.45) is 11.3 Å². The average Bonchev–Trinajstić information content (AvgIpc) is 4.04. The smallest absolute Gasteiger partial charge is 0.410 e. The molecule has 1 saturated carbocycles. The maximum atomic E-state index is 17.0. The van der Waals surface area contributed by atoms with Gasteiger partial charge < -0.3 is 28.7 Å². The molecule has 77 heavy (non-hydrogen) atoms. The number of piperidine rings is 1. The van der Waals surface area contributed by atoms with E-state index in [1.165, 1.54) is 17.4 Å². The summed E-state index contributed by atoms with van der Waals surface area (Å²) in [7, 11) is -0.629. The highest BCUT2D eigenvalue weighted by molar-refractivity contribution is 7.26. The number of anilines is 1. The Bertz CT molecular complexity index is 3240. The molecule has 1 aliphatic carbocycles. The number of rotatable bonds is 13. The van der Waals surface area contributed by atoms with Crippen LogP contribution in [0.15, 0.2) is 36.7 Å².